The summed E-state index contributed by atoms with van der Waals surface area (Å²) < 4.78 is 5.09. The van der Waals surface area contributed by atoms with Gasteiger partial charge in [-0.3, -0.25) is 14.9 Å². The molecule has 1 heterocycles. The topological polar surface area (TPSA) is 111 Å². The summed E-state index contributed by atoms with van der Waals surface area (Å²) in [5.41, 5.74) is 1.34. The lowest BCUT2D eigenvalue weighted by molar-refractivity contribution is -0.384. The van der Waals surface area contributed by atoms with E-state index in [0.29, 0.717) is 23.0 Å². The van der Waals surface area contributed by atoms with Crippen molar-refractivity contribution in [1.82, 2.24) is 15.5 Å². The molecule has 0 fully saturated rings. The molecule has 0 aliphatic heterocycles. The average molecular weight is 384 g/mol. The van der Waals surface area contributed by atoms with Crippen LogP contribution in [-0.4, -0.2) is 21.0 Å². The molecule has 27 heavy (non-hydrogen) atoms. The first-order chi connectivity index (χ1) is 13.0. The van der Waals surface area contributed by atoms with Gasteiger partial charge in [0.15, 0.2) is 5.82 Å². The van der Waals surface area contributed by atoms with E-state index in [1.54, 1.807) is 31.2 Å². The van der Waals surface area contributed by atoms with Crippen LogP contribution in [0.1, 0.15) is 27.6 Å². The van der Waals surface area contributed by atoms with E-state index in [0.717, 1.165) is 10.5 Å². The van der Waals surface area contributed by atoms with E-state index in [9.17, 15) is 14.9 Å². The Hall–Kier alpha value is -3.20. The number of carbonyl (C=O) groups is 1. The molecule has 0 saturated heterocycles. The number of non-ortho nitro benzene ring substituents is 1. The quantitative estimate of drug-likeness (QED) is 0.377. The first kappa shape index (κ1) is 18.6. The Balaban J connectivity index is 1.63. The van der Waals surface area contributed by atoms with Crippen LogP contribution in [-0.2, 0) is 12.3 Å². The number of nitro groups is 1. The molecule has 3 aromatic rings. The predicted molar refractivity (Wildman–Crippen MR) is 99.3 cm³/mol. The van der Waals surface area contributed by atoms with Gasteiger partial charge in [0.1, 0.15) is 0 Å². The summed E-state index contributed by atoms with van der Waals surface area (Å²) >= 11 is 1.44. The second kappa shape index (κ2) is 8.45. The molecule has 0 saturated carbocycles. The monoisotopic (exact) mass is 384 g/mol. The number of nitrogens with zero attached hydrogens (tertiary/aromatic N) is 3. The fraction of sp³-hybridized carbons (Fsp3) is 0.167. The molecule has 0 atom stereocenters. The molecule has 138 valence electrons. The third-order valence-corrected chi connectivity index (χ3v) is 4.71. The maximum Gasteiger partial charge on any atom is 0.269 e. The normalized spacial score (nSPS) is 10.6. The number of thioether (sulfide) groups is 1. The molecule has 8 nitrogen and oxygen atoms in total. The Kier molecular flexibility index (Phi) is 5.82. The first-order valence-corrected chi connectivity index (χ1v) is 9.04. The molecule has 3 rings (SSSR count). The minimum atomic E-state index is -0.458. The fourth-order valence-corrected chi connectivity index (χ4v) is 3.22. The number of benzene rings is 2. The number of aryl methyl sites for hydroxylation is 1. The Morgan fingerprint density at radius 1 is 1.22 bits per heavy atom. The third-order valence-electron chi connectivity index (χ3n) is 3.65. The van der Waals surface area contributed by atoms with E-state index >= 15 is 0 Å². The molecule has 1 aromatic heterocycles. The predicted octanol–water partition coefficient (Wildman–Crippen LogP) is 3.51. The van der Waals surface area contributed by atoms with Crippen molar-refractivity contribution in [2.24, 2.45) is 0 Å². The molecule has 1 N–H and O–H groups in total. The molecule has 0 aliphatic rings. The van der Waals surface area contributed by atoms with Gasteiger partial charge < -0.3 is 9.84 Å². The van der Waals surface area contributed by atoms with Crippen molar-refractivity contribution in [3.63, 3.8) is 0 Å². The lowest BCUT2D eigenvalue weighted by Crippen LogP contribution is -2.23. The minimum Gasteiger partial charge on any atom is -0.348 e. The summed E-state index contributed by atoms with van der Waals surface area (Å²) in [5, 5.41) is 17.3. The summed E-state index contributed by atoms with van der Waals surface area (Å²) in [6.45, 7) is 2.02. The van der Waals surface area contributed by atoms with Crippen LogP contribution in [0.3, 0.4) is 0 Å². The molecule has 0 spiro atoms. The van der Waals surface area contributed by atoms with Crippen LogP contribution in [0.2, 0.25) is 0 Å². The lowest BCUT2D eigenvalue weighted by Gasteiger charge is -2.09. The molecular formula is C18H16N4O4S. The second-order valence-electron chi connectivity index (χ2n) is 5.63. The number of rotatable bonds is 7. The van der Waals surface area contributed by atoms with Crippen molar-refractivity contribution >= 4 is 23.4 Å². The van der Waals surface area contributed by atoms with E-state index < -0.39 is 4.92 Å². The van der Waals surface area contributed by atoms with Crippen LogP contribution < -0.4 is 5.32 Å². The highest BCUT2D eigenvalue weighted by atomic mass is 32.2. The van der Waals surface area contributed by atoms with Gasteiger partial charge in [-0.2, -0.15) is 4.98 Å². The number of carbonyl (C=O) groups excluding carboxylic acids is 1. The van der Waals surface area contributed by atoms with Gasteiger partial charge in [-0.15, -0.1) is 11.8 Å². The van der Waals surface area contributed by atoms with Crippen molar-refractivity contribution in [2.75, 3.05) is 0 Å². The highest BCUT2D eigenvalue weighted by molar-refractivity contribution is 7.98. The summed E-state index contributed by atoms with van der Waals surface area (Å²) in [5.74, 6) is 1.31. The standard InChI is InChI=1S/C18H16N4O4S/c1-12-20-17(26-21-12)11-27-16-5-3-2-4-15(16)18(23)19-10-13-6-8-14(9-7-13)22(24)25/h2-9H,10-11H2,1H3,(H,19,23). The van der Waals surface area contributed by atoms with E-state index in [1.165, 1.54) is 23.9 Å². The highest BCUT2D eigenvalue weighted by Crippen LogP contribution is 2.26. The zero-order valence-corrected chi connectivity index (χ0v) is 15.2. The average Bonchev–Trinajstić information content (AvgIpc) is 3.10. The largest absolute Gasteiger partial charge is 0.348 e. The number of nitro benzene ring substituents is 1. The van der Waals surface area contributed by atoms with Crippen LogP contribution >= 0.6 is 11.8 Å². The number of hydrogen-bond donors (Lipinski definition) is 1. The van der Waals surface area contributed by atoms with Crippen LogP contribution in [0, 0.1) is 17.0 Å². The minimum absolute atomic E-state index is 0.0167. The van der Waals surface area contributed by atoms with E-state index in [1.807, 2.05) is 12.1 Å². The molecule has 9 heteroatoms. The Morgan fingerprint density at radius 3 is 2.63 bits per heavy atom. The summed E-state index contributed by atoms with van der Waals surface area (Å²) in [4.78, 5) is 27.7. The highest BCUT2D eigenvalue weighted by Gasteiger charge is 2.13. The van der Waals surface area contributed by atoms with Crippen molar-refractivity contribution < 1.29 is 14.2 Å². The summed E-state index contributed by atoms with van der Waals surface area (Å²) in [7, 11) is 0. The van der Waals surface area contributed by atoms with Gasteiger partial charge in [-0.25, -0.2) is 0 Å². The van der Waals surface area contributed by atoms with E-state index in [4.69, 9.17) is 4.52 Å². The summed E-state index contributed by atoms with van der Waals surface area (Å²) in [6.07, 6.45) is 0. The van der Waals surface area contributed by atoms with Crippen LogP contribution in [0.5, 0.6) is 0 Å². The maximum absolute atomic E-state index is 12.5. The zero-order chi connectivity index (χ0) is 19.2. The zero-order valence-electron chi connectivity index (χ0n) is 14.4. The number of hydrogen-bond acceptors (Lipinski definition) is 7. The van der Waals surface area contributed by atoms with Crippen LogP contribution in [0.25, 0.3) is 0 Å². The SMILES string of the molecule is Cc1noc(CSc2ccccc2C(=O)NCc2ccc([N+](=O)[O-])cc2)n1. The lowest BCUT2D eigenvalue weighted by atomic mass is 10.2. The van der Waals surface area contributed by atoms with Crippen LogP contribution in [0.4, 0.5) is 5.69 Å². The van der Waals surface area contributed by atoms with E-state index in [2.05, 4.69) is 15.5 Å². The molecular weight excluding hydrogens is 368 g/mol. The summed E-state index contributed by atoms with van der Waals surface area (Å²) in [6, 6.07) is 13.3. The number of amides is 1. The Morgan fingerprint density at radius 2 is 1.96 bits per heavy atom. The van der Waals surface area contributed by atoms with Crippen molar-refractivity contribution in [1.29, 1.82) is 0 Å². The first-order valence-electron chi connectivity index (χ1n) is 8.05. The van der Waals surface area contributed by atoms with Crippen molar-refractivity contribution in [3.8, 4) is 0 Å². The molecule has 0 radical (unpaired) electrons. The number of aromatic nitrogens is 2. The maximum atomic E-state index is 12.5. The van der Waals surface area contributed by atoms with Gasteiger partial charge in [0, 0.05) is 23.6 Å². The Labute approximate surface area is 159 Å². The van der Waals surface area contributed by atoms with E-state index in [-0.39, 0.29) is 18.1 Å². The molecule has 0 bridgehead atoms. The molecule has 2 aromatic carbocycles. The fourth-order valence-electron chi connectivity index (χ4n) is 2.33. The van der Waals surface area contributed by atoms with Crippen LogP contribution in [0.15, 0.2) is 57.9 Å². The van der Waals surface area contributed by atoms with Crippen molar-refractivity contribution in [3.05, 3.63) is 81.5 Å². The smallest absolute Gasteiger partial charge is 0.269 e. The second-order valence-corrected chi connectivity index (χ2v) is 6.64. The van der Waals surface area contributed by atoms with Gasteiger partial charge in [0.2, 0.25) is 5.89 Å². The van der Waals surface area contributed by atoms with Gasteiger partial charge in [0.25, 0.3) is 11.6 Å². The number of nitrogens with one attached hydrogen (secondary N) is 1. The van der Waals surface area contributed by atoms with Gasteiger partial charge in [0.05, 0.1) is 16.2 Å². The molecule has 0 aliphatic carbocycles. The third kappa shape index (κ3) is 4.91. The van der Waals surface area contributed by atoms with Gasteiger partial charge in [-0.1, -0.05) is 29.4 Å². The molecule has 0 unspecified atom stereocenters. The van der Waals surface area contributed by atoms with Gasteiger partial charge in [-0.05, 0) is 24.6 Å². The van der Waals surface area contributed by atoms with Gasteiger partial charge >= 0.3 is 0 Å². The Bertz CT molecular complexity index is 956. The van der Waals surface area contributed by atoms with Crippen molar-refractivity contribution in [2.45, 2.75) is 24.1 Å². The molecule has 1 amide bonds.